The van der Waals surface area contributed by atoms with Gasteiger partial charge in [0.1, 0.15) is 18.1 Å². The monoisotopic (exact) mass is 894 g/mol. The van der Waals surface area contributed by atoms with Gasteiger partial charge in [0, 0.05) is 12.8 Å². The first kappa shape index (κ1) is 63.5. The first-order chi connectivity index (χ1) is 27.4. The van der Waals surface area contributed by atoms with E-state index >= 15 is 0 Å². The molecule has 5 amide bonds. The summed E-state index contributed by atoms with van der Waals surface area (Å²) in [7, 11) is 0. The highest BCUT2D eigenvalue weighted by atomic mass is 19.4. The van der Waals surface area contributed by atoms with E-state index in [-0.39, 0.29) is 64.5 Å². The number of nitrogens with one attached hydrogen (secondary N) is 5. The number of carbonyl (C=O) groups excluding carboxylic acids is 5. The SMILES string of the molecule is CC(C)CC(=O)N[C@H](C(=O)N[C@H](C(=O)N[C@@H](CC(C)C)[C@H](C)O)C(C)C)C(C)C.CCC(=O)N[C@@H](CCC[NH3+])C(=O)N[C@@H](CC(C)C)[C@@H](O)CC(=O)O.F.O=C(O)C(F)(F)F. The van der Waals surface area contributed by atoms with Gasteiger partial charge >= 0.3 is 18.1 Å². The van der Waals surface area contributed by atoms with Crippen LogP contribution < -0.4 is 32.3 Å². The van der Waals surface area contributed by atoms with E-state index in [9.17, 15) is 52.2 Å². The second-order valence-electron chi connectivity index (χ2n) is 16.8. The maximum absolute atomic E-state index is 12.9. The third-order valence-corrected chi connectivity index (χ3v) is 8.60. The Balaban J connectivity index is -0.000000458. The van der Waals surface area contributed by atoms with Gasteiger partial charge in [-0.15, -0.1) is 0 Å². The number of carboxylic acids is 2. The Morgan fingerprint density at radius 2 is 1.03 bits per heavy atom. The van der Waals surface area contributed by atoms with E-state index in [4.69, 9.17) is 15.0 Å². The number of rotatable bonds is 24. The molecule has 61 heavy (non-hydrogen) atoms. The molecule has 0 aliphatic heterocycles. The van der Waals surface area contributed by atoms with Crippen molar-refractivity contribution in [3.63, 3.8) is 0 Å². The minimum Gasteiger partial charge on any atom is -0.481 e. The Bertz CT molecular complexity index is 1320. The molecule has 0 saturated carbocycles. The van der Waals surface area contributed by atoms with E-state index in [1.807, 2.05) is 69.2 Å². The largest absolute Gasteiger partial charge is 0.490 e. The van der Waals surface area contributed by atoms with Crippen LogP contribution in [0.2, 0.25) is 0 Å². The van der Waals surface area contributed by atoms with Crippen molar-refractivity contribution in [1.82, 2.24) is 26.6 Å². The molecular weight excluding hydrogens is 816 g/mol. The Kier molecular flexibility index (Phi) is 33.9. The lowest BCUT2D eigenvalue weighted by Crippen LogP contribution is -2.58. The number of quaternary nitrogens is 1. The molecule has 0 aliphatic rings. The van der Waals surface area contributed by atoms with Crippen molar-refractivity contribution in [3.8, 4) is 0 Å². The molecule has 0 bridgehead atoms. The molecule has 0 radical (unpaired) electrons. The molecule has 0 aromatic heterocycles. The molecular formula is C40H77F4N6O11+. The number of aliphatic hydroxyl groups excluding tert-OH is 2. The zero-order valence-corrected chi connectivity index (χ0v) is 38.0. The van der Waals surface area contributed by atoms with Crippen LogP contribution in [0.5, 0.6) is 0 Å². The summed E-state index contributed by atoms with van der Waals surface area (Å²) in [4.78, 5) is 81.7. The van der Waals surface area contributed by atoms with Crippen molar-refractivity contribution in [3.05, 3.63) is 0 Å². The lowest BCUT2D eigenvalue weighted by molar-refractivity contribution is -0.368. The average molecular weight is 894 g/mol. The van der Waals surface area contributed by atoms with Crippen molar-refractivity contribution >= 4 is 41.5 Å². The number of alkyl halides is 3. The fourth-order valence-electron chi connectivity index (χ4n) is 5.41. The van der Waals surface area contributed by atoms with Crippen LogP contribution in [0.15, 0.2) is 0 Å². The van der Waals surface area contributed by atoms with Gasteiger partial charge in [-0.3, -0.25) is 33.5 Å². The second kappa shape index (κ2) is 32.6. The molecule has 17 nitrogen and oxygen atoms in total. The zero-order valence-electron chi connectivity index (χ0n) is 38.0. The lowest BCUT2D eigenvalue weighted by Gasteiger charge is -2.30. The van der Waals surface area contributed by atoms with Gasteiger partial charge in [-0.25, -0.2) is 4.79 Å². The van der Waals surface area contributed by atoms with E-state index in [0.29, 0.717) is 44.6 Å². The van der Waals surface area contributed by atoms with Crippen LogP contribution in [0.25, 0.3) is 0 Å². The minimum absolute atomic E-state index is 0. The molecule has 0 aromatic rings. The highest BCUT2D eigenvalue weighted by molar-refractivity contribution is 5.92. The third-order valence-electron chi connectivity index (χ3n) is 8.60. The molecule has 0 spiro atoms. The Morgan fingerprint density at radius 1 is 0.607 bits per heavy atom. The average Bonchev–Trinajstić information content (AvgIpc) is 3.09. The van der Waals surface area contributed by atoms with Crippen LogP contribution in [0.3, 0.4) is 0 Å². The van der Waals surface area contributed by atoms with Crippen LogP contribution in [0.4, 0.5) is 17.9 Å². The van der Waals surface area contributed by atoms with Gasteiger partial charge in [0.15, 0.2) is 0 Å². The normalized spacial score (nSPS) is 14.7. The summed E-state index contributed by atoms with van der Waals surface area (Å²) < 4.78 is 31.7. The van der Waals surface area contributed by atoms with Crippen molar-refractivity contribution in [2.75, 3.05) is 6.54 Å². The van der Waals surface area contributed by atoms with Gasteiger partial charge in [0.2, 0.25) is 29.5 Å². The Morgan fingerprint density at radius 3 is 1.39 bits per heavy atom. The number of aliphatic carboxylic acids is 2. The number of hydrogen-bond donors (Lipinski definition) is 10. The van der Waals surface area contributed by atoms with E-state index < -0.39 is 66.8 Å². The molecule has 0 heterocycles. The molecule has 360 valence electrons. The summed E-state index contributed by atoms with van der Waals surface area (Å²) in [5.41, 5.74) is 3.73. The van der Waals surface area contributed by atoms with E-state index in [1.165, 1.54) is 0 Å². The summed E-state index contributed by atoms with van der Waals surface area (Å²) in [5, 5.41) is 49.9. The second-order valence-corrected chi connectivity index (χ2v) is 16.8. The molecule has 0 saturated heterocycles. The molecule has 0 fully saturated rings. The molecule has 0 aliphatic carbocycles. The molecule has 0 unspecified atom stereocenters. The summed E-state index contributed by atoms with van der Waals surface area (Å²) in [5.74, 6) is -4.98. The van der Waals surface area contributed by atoms with Crippen molar-refractivity contribution in [2.45, 2.75) is 177 Å². The smallest absolute Gasteiger partial charge is 0.481 e. The van der Waals surface area contributed by atoms with E-state index in [1.54, 1.807) is 13.8 Å². The number of carboxylic acid groups (broad SMARTS) is 2. The van der Waals surface area contributed by atoms with Gasteiger partial charge in [-0.1, -0.05) is 76.2 Å². The van der Waals surface area contributed by atoms with Crippen LogP contribution >= 0.6 is 0 Å². The first-order valence-electron chi connectivity index (χ1n) is 20.6. The van der Waals surface area contributed by atoms with Crippen LogP contribution in [-0.4, -0.2) is 117 Å². The van der Waals surface area contributed by atoms with Gasteiger partial charge in [0.05, 0.1) is 37.3 Å². The Hall–Kier alpha value is -4.11. The molecule has 21 heteroatoms. The predicted molar refractivity (Wildman–Crippen MR) is 221 cm³/mol. The molecule has 7 atom stereocenters. The summed E-state index contributed by atoms with van der Waals surface area (Å²) in [6.07, 6.45) is -4.57. The summed E-state index contributed by atoms with van der Waals surface area (Å²) >= 11 is 0. The summed E-state index contributed by atoms with van der Waals surface area (Å²) in [6.45, 7) is 23.2. The maximum Gasteiger partial charge on any atom is 0.490 e. The van der Waals surface area contributed by atoms with Crippen LogP contribution in [0.1, 0.15) is 128 Å². The van der Waals surface area contributed by atoms with E-state index in [2.05, 4.69) is 32.3 Å². The van der Waals surface area contributed by atoms with Gasteiger partial charge < -0.3 is 52.7 Å². The minimum atomic E-state index is -5.08. The number of aliphatic hydroxyl groups is 2. The number of amides is 5. The lowest BCUT2D eigenvalue weighted by atomic mass is 9.96. The fourth-order valence-corrected chi connectivity index (χ4v) is 5.41. The highest BCUT2D eigenvalue weighted by Gasteiger charge is 2.38. The fraction of sp³-hybridized carbons (Fsp3) is 0.825. The Labute approximate surface area is 358 Å². The van der Waals surface area contributed by atoms with Gasteiger partial charge in [-0.2, -0.15) is 13.2 Å². The van der Waals surface area contributed by atoms with Gasteiger partial charge in [0.25, 0.3) is 0 Å². The maximum atomic E-state index is 12.9. The molecule has 0 rings (SSSR count). The first-order valence-corrected chi connectivity index (χ1v) is 20.6. The zero-order chi connectivity index (χ0) is 47.7. The number of halogens is 4. The van der Waals surface area contributed by atoms with E-state index in [0.717, 1.165) is 0 Å². The molecule has 12 N–H and O–H groups in total. The number of carbonyl (C=O) groups is 7. The quantitative estimate of drug-likeness (QED) is 0.0628. The topological polar surface area (TPSA) is 288 Å². The summed E-state index contributed by atoms with van der Waals surface area (Å²) in [6, 6.07) is -3.22. The van der Waals surface area contributed by atoms with Crippen molar-refractivity contribution < 1.29 is 77.6 Å². The predicted octanol–water partition coefficient (Wildman–Crippen LogP) is 2.28. The molecule has 0 aromatic carbocycles. The third kappa shape index (κ3) is 31.4. The number of hydrogen-bond acceptors (Lipinski definition) is 9. The van der Waals surface area contributed by atoms with Crippen molar-refractivity contribution in [1.29, 1.82) is 0 Å². The van der Waals surface area contributed by atoms with Crippen molar-refractivity contribution in [2.24, 2.45) is 29.6 Å². The highest BCUT2D eigenvalue weighted by Crippen LogP contribution is 2.15. The van der Waals surface area contributed by atoms with Crippen LogP contribution in [0, 0.1) is 29.6 Å². The van der Waals surface area contributed by atoms with Gasteiger partial charge in [-0.05, 0) is 62.2 Å². The van der Waals surface area contributed by atoms with Crippen LogP contribution in [-0.2, 0) is 33.6 Å². The standard InChI is InChI=1S/C22H43N3O4.C16H31N3O5.C2HF3O2.FH/c1-12(2)10-17(16(9)26)23-21(28)20(15(7)8)25-22(29)19(14(5)6)24-18(27)11-13(3)4;1-4-14(21)18-11(6-5-7-17)16(24)19-12(8-10(2)3)13(20)9-15(22)23;3-2(4,5)1(6)7;/h12-17,19-20,26H,10-11H2,1-9H3,(H,23,28)(H,24,27)(H,25,29);10-13,20H,4-9,17H2,1-3H3,(H,18,21)(H,19,24)(H,22,23);(H,6,7);1H/p+1/t16-,17-,19-,20-;11-,12-,13-;;/m00../s1.